The number of hydrogen-bond donors (Lipinski definition) is 0. The Morgan fingerprint density at radius 3 is 2.70 bits per heavy atom. The third kappa shape index (κ3) is 4.27. The minimum absolute atomic E-state index is 0.00142. The van der Waals surface area contributed by atoms with Crippen molar-refractivity contribution in [3.8, 4) is 11.3 Å². The summed E-state index contributed by atoms with van der Waals surface area (Å²) in [5.41, 5.74) is 3.52. The first-order valence-corrected chi connectivity index (χ1v) is 9.31. The Morgan fingerprint density at radius 2 is 2.00 bits per heavy atom. The standard InChI is InChI=1S/C21H19BrFNO3/c1-12-10-15(8-9-18(12)22)21-17(13(2)24-27-21)11-20(25)26-14(3)16-6-4-5-7-19(16)23/h4-10,14H,11H2,1-3H3/t14-/m1/s1. The monoisotopic (exact) mass is 431 g/mol. The van der Waals surface area contributed by atoms with E-state index < -0.39 is 17.9 Å². The van der Waals surface area contributed by atoms with Gasteiger partial charge in [0.25, 0.3) is 0 Å². The van der Waals surface area contributed by atoms with Gasteiger partial charge >= 0.3 is 5.97 Å². The molecule has 0 N–H and O–H groups in total. The first-order chi connectivity index (χ1) is 12.9. The molecule has 3 rings (SSSR count). The molecule has 0 aliphatic carbocycles. The molecule has 0 amide bonds. The van der Waals surface area contributed by atoms with Crippen LogP contribution in [0.25, 0.3) is 11.3 Å². The number of hydrogen-bond acceptors (Lipinski definition) is 4. The van der Waals surface area contributed by atoms with Gasteiger partial charge in [-0.05, 0) is 50.6 Å². The van der Waals surface area contributed by atoms with Crippen LogP contribution in [0, 0.1) is 19.7 Å². The molecule has 140 valence electrons. The average molecular weight is 432 g/mol. The second-order valence-electron chi connectivity index (χ2n) is 6.37. The first-order valence-electron chi connectivity index (χ1n) is 8.52. The summed E-state index contributed by atoms with van der Waals surface area (Å²) in [6, 6.07) is 12.0. The molecule has 0 radical (unpaired) electrons. The molecule has 0 aliphatic heterocycles. The van der Waals surface area contributed by atoms with Crippen molar-refractivity contribution in [2.24, 2.45) is 0 Å². The summed E-state index contributed by atoms with van der Waals surface area (Å²) in [7, 11) is 0. The number of carbonyl (C=O) groups is 1. The Morgan fingerprint density at radius 1 is 1.26 bits per heavy atom. The van der Waals surface area contributed by atoms with E-state index in [1.54, 1.807) is 32.0 Å². The van der Waals surface area contributed by atoms with E-state index in [1.807, 2.05) is 25.1 Å². The molecule has 1 heterocycles. The van der Waals surface area contributed by atoms with Crippen molar-refractivity contribution in [2.45, 2.75) is 33.3 Å². The molecule has 0 saturated carbocycles. The highest BCUT2D eigenvalue weighted by Crippen LogP contribution is 2.30. The van der Waals surface area contributed by atoms with Crippen molar-refractivity contribution in [3.63, 3.8) is 0 Å². The smallest absolute Gasteiger partial charge is 0.311 e. The summed E-state index contributed by atoms with van der Waals surface area (Å²) in [5.74, 6) is -0.323. The fraction of sp³-hybridized carbons (Fsp3) is 0.238. The van der Waals surface area contributed by atoms with Crippen molar-refractivity contribution in [2.75, 3.05) is 0 Å². The first kappa shape index (κ1) is 19.3. The van der Waals surface area contributed by atoms with Gasteiger partial charge in [0.2, 0.25) is 0 Å². The molecule has 1 atom stereocenters. The van der Waals surface area contributed by atoms with Gasteiger partial charge in [0, 0.05) is 21.2 Å². The maximum atomic E-state index is 13.9. The molecule has 3 aromatic rings. The Hall–Kier alpha value is -2.47. The van der Waals surface area contributed by atoms with Crippen molar-refractivity contribution in [1.29, 1.82) is 0 Å². The maximum absolute atomic E-state index is 13.9. The highest BCUT2D eigenvalue weighted by atomic mass is 79.9. The third-order valence-electron chi connectivity index (χ3n) is 4.38. The predicted octanol–water partition coefficient (Wildman–Crippen LogP) is 5.71. The lowest BCUT2D eigenvalue weighted by Crippen LogP contribution is -2.13. The quantitative estimate of drug-likeness (QED) is 0.485. The molecule has 0 saturated heterocycles. The van der Waals surface area contributed by atoms with Gasteiger partial charge < -0.3 is 9.26 Å². The van der Waals surface area contributed by atoms with E-state index in [1.165, 1.54) is 6.07 Å². The number of nitrogens with zero attached hydrogens (tertiary/aromatic N) is 1. The zero-order valence-electron chi connectivity index (χ0n) is 15.3. The molecule has 0 fully saturated rings. The zero-order valence-corrected chi connectivity index (χ0v) is 16.8. The van der Waals surface area contributed by atoms with E-state index in [4.69, 9.17) is 9.26 Å². The zero-order chi connectivity index (χ0) is 19.6. The minimum atomic E-state index is -0.683. The van der Waals surface area contributed by atoms with Crippen LogP contribution in [0.2, 0.25) is 0 Å². The lowest BCUT2D eigenvalue weighted by Gasteiger charge is -2.14. The van der Waals surface area contributed by atoms with Crippen LogP contribution in [0.5, 0.6) is 0 Å². The van der Waals surface area contributed by atoms with Gasteiger partial charge in [-0.25, -0.2) is 4.39 Å². The maximum Gasteiger partial charge on any atom is 0.311 e. The fourth-order valence-electron chi connectivity index (χ4n) is 2.86. The number of esters is 1. The van der Waals surface area contributed by atoms with Crippen molar-refractivity contribution in [3.05, 3.63) is 75.1 Å². The van der Waals surface area contributed by atoms with E-state index in [9.17, 15) is 9.18 Å². The second kappa shape index (κ2) is 8.05. The van der Waals surface area contributed by atoms with E-state index in [0.29, 0.717) is 22.6 Å². The van der Waals surface area contributed by atoms with Crippen LogP contribution in [0.15, 0.2) is 51.5 Å². The summed E-state index contributed by atoms with van der Waals surface area (Å²) in [5, 5.41) is 4.00. The second-order valence-corrected chi connectivity index (χ2v) is 7.22. The van der Waals surface area contributed by atoms with Crippen molar-refractivity contribution < 1.29 is 18.4 Å². The molecular weight excluding hydrogens is 413 g/mol. The Kier molecular flexibility index (Phi) is 5.75. The lowest BCUT2D eigenvalue weighted by molar-refractivity contribution is -0.147. The number of carbonyl (C=O) groups excluding carboxylic acids is 1. The molecular formula is C21H19BrFNO3. The summed E-state index contributed by atoms with van der Waals surface area (Å²) in [4.78, 5) is 12.4. The van der Waals surface area contributed by atoms with Crippen LogP contribution in [0.4, 0.5) is 4.39 Å². The number of rotatable bonds is 5. The van der Waals surface area contributed by atoms with Crippen LogP contribution in [-0.2, 0) is 16.0 Å². The van der Waals surface area contributed by atoms with Gasteiger partial charge in [-0.1, -0.05) is 39.3 Å². The van der Waals surface area contributed by atoms with E-state index >= 15 is 0 Å². The SMILES string of the molecule is Cc1cc(-c2onc(C)c2CC(=O)O[C@H](C)c2ccccc2F)ccc1Br. The third-order valence-corrected chi connectivity index (χ3v) is 5.27. The number of benzene rings is 2. The fourth-order valence-corrected chi connectivity index (χ4v) is 3.11. The Balaban J connectivity index is 1.79. The van der Waals surface area contributed by atoms with Gasteiger partial charge in [0.05, 0.1) is 12.1 Å². The topological polar surface area (TPSA) is 52.3 Å². The van der Waals surface area contributed by atoms with Gasteiger partial charge in [-0.2, -0.15) is 0 Å². The molecule has 27 heavy (non-hydrogen) atoms. The van der Waals surface area contributed by atoms with Gasteiger partial charge in [0.15, 0.2) is 5.76 Å². The van der Waals surface area contributed by atoms with Crippen molar-refractivity contribution in [1.82, 2.24) is 5.16 Å². The molecule has 2 aromatic carbocycles. The summed E-state index contributed by atoms with van der Waals surface area (Å²) >= 11 is 3.47. The van der Waals surface area contributed by atoms with Crippen molar-refractivity contribution >= 4 is 21.9 Å². The molecule has 4 nitrogen and oxygen atoms in total. The van der Waals surface area contributed by atoms with Gasteiger partial charge in [-0.3, -0.25) is 4.79 Å². The summed E-state index contributed by atoms with van der Waals surface area (Å²) < 4.78 is 25.7. The molecule has 0 aliphatic rings. The van der Waals surface area contributed by atoms with Crippen LogP contribution in [-0.4, -0.2) is 11.1 Å². The molecule has 1 aromatic heterocycles. The Bertz CT molecular complexity index is 983. The number of ether oxygens (including phenoxy) is 1. The minimum Gasteiger partial charge on any atom is -0.457 e. The average Bonchev–Trinajstić information content (AvgIpc) is 2.98. The normalized spacial score (nSPS) is 12.0. The summed E-state index contributed by atoms with van der Waals surface area (Å²) in [6.45, 7) is 5.40. The molecule has 6 heteroatoms. The molecule has 0 bridgehead atoms. The predicted molar refractivity (Wildman–Crippen MR) is 104 cm³/mol. The number of aryl methyl sites for hydroxylation is 2. The van der Waals surface area contributed by atoms with E-state index in [2.05, 4.69) is 21.1 Å². The highest BCUT2D eigenvalue weighted by molar-refractivity contribution is 9.10. The van der Waals surface area contributed by atoms with Crippen LogP contribution in [0.3, 0.4) is 0 Å². The van der Waals surface area contributed by atoms with E-state index in [0.717, 1.165) is 15.6 Å². The number of aromatic nitrogens is 1. The van der Waals surface area contributed by atoms with Gasteiger partial charge in [0.1, 0.15) is 11.9 Å². The largest absolute Gasteiger partial charge is 0.457 e. The highest BCUT2D eigenvalue weighted by Gasteiger charge is 2.21. The Labute approximate surface area is 165 Å². The molecule has 0 unspecified atom stereocenters. The molecule has 0 spiro atoms. The lowest BCUT2D eigenvalue weighted by atomic mass is 10.0. The van der Waals surface area contributed by atoms with Crippen LogP contribution >= 0.6 is 15.9 Å². The van der Waals surface area contributed by atoms with E-state index in [-0.39, 0.29) is 6.42 Å². The summed E-state index contributed by atoms with van der Waals surface area (Å²) in [6.07, 6.45) is -0.685. The van der Waals surface area contributed by atoms with Crippen LogP contribution < -0.4 is 0 Å². The van der Waals surface area contributed by atoms with Gasteiger partial charge in [-0.15, -0.1) is 0 Å². The number of halogens is 2. The van der Waals surface area contributed by atoms with Crippen LogP contribution in [0.1, 0.15) is 35.4 Å².